The van der Waals surface area contributed by atoms with Crippen LogP contribution in [0.4, 0.5) is 13.2 Å². The van der Waals surface area contributed by atoms with Gasteiger partial charge in [0.1, 0.15) is 6.61 Å². The summed E-state index contributed by atoms with van der Waals surface area (Å²) in [5, 5.41) is 0. The molecule has 2 rings (SSSR count). The number of rotatable bonds is 5. The van der Waals surface area contributed by atoms with E-state index in [2.05, 4.69) is 4.18 Å². The first-order valence-corrected chi connectivity index (χ1v) is 7.95. The van der Waals surface area contributed by atoms with Crippen molar-refractivity contribution >= 4 is 16.1 Å². The second-order valence-electron chi connectivity index (χ2n) is 4.92. The Morgan fingerprint density at radius 3 is 2.22 bits per heavy atom. The molecule has 0 aromatic heterocycles. The van der Waals surface area contributed by atoms with Crippen LogP contribution in [-0.2, 0) is 30.4 Å². The number of hydrogen-bond acceptors (Lipinski definition) is 5. The molecule has 5 nitrogen and oxygen atoms in total. The topological polar surface area (TPSA) is 69.7 Å². The van der Waals surface area contributed by atoms with E-state index in [0.717, 1.165) is 0 Å². The van der Waals surface area contributed by atoms with E-state index in [0.29, 0.717) is 5.56 Å². The molecule has 0 spiro atoms. The van der Waals surface area contributed by atoms with Gasteiger partial charge < -0.3 is 4.74 Å². The Balaban J connectivity index is 2.13. The summed E-state index contributed by atoms with van der Waals surface area (Å²) in [6, 6.07) is 8.44. The second kappa shape index (κ2) is 6.32. The van der Waals surface area contributed by atoms with Crippen molar-refractivity contribution < 1.29 is 35.3 Å². The zero-order valence-corrected chi connectivity index (χ0v) is 12.6. The highest BCUT2D eigenvalue weighted by Gasteiger charge is 2.55. The molecule has 0 saturated carbocycles. The summed E-state index contributed by atoms with van der Waals surface area (Å²) < 4.78 is 69.0. The van der Waals surface area contributed by atoms with Gasteiger partial charge in [-0.3, -0.25) is 0 Å². The van der Waals surface area contributed by atoms with Crippen LogP contribution < -0.4 is 0 Å². The molecule has 0 radical (unpaired) electrons. The van der Waals surface area contributed by atoms with Crippen LogP contribution in [0.2, 0.25) is 0 Å². The zero-order valence-electron chi connectivity index (χ0n) is 11.7. The fourth-order valence-corrected chi connectivity index (χ4v) is 2.73. The van der Waals surface area contributed by atoms with Gasteiger partial charge in [-0.1, -0.05) is 42.5 Å². The molecule has 23 heavy (non-hydrogen) atoms. The van der Waals surface area contributed by atoms with Crippen molar-refractivity contribution in [2.24, 2.45) is 0 Å². The van der Waals surface area contributed by atoms with Crippen LogP contribution in [-0.4, -0.2) is 25.5 Å². The first-order valence-electron chi connectivity index (χ1n) is 6.54. The van der Waals surface area contributed by atoms with Gasteiger partial charge in [0.05, 0.1) is 0 Å². The van der Waals surface area contributed by atoms with Gasteiger partial charge in [-0.05, 0) is 5.56 Å². The minimum atomic E-state index is -5.91. The molecule has 1 aliphatic carbocycles. The summed E-state index contributed by atoms with van der Waals surface area (Å²) in [5.74, 6) is -1.15. The fraction of sp³-hybridized carbons (Fsp3) is 0.357. The van der Waals surface area contributed by atoms with E-state index in [9.17, 15) is 26.4 Å². The molecule has 0 N–H and O–H groups in total. The molecule has 1 aliphatic rings. The average Bonchev–Trinajstić information content (AvgIpc) is 2.93. The van der Waals surface area contributed by atoms with Crippen LogP contribution in [0.3, 0.4) is 0 Å². The minimum Gasteiger partial charge on any atom is -0.459 e. The van der Waals surface area contributed by atoms with Gasteiger partial charge in [-0.15, -0.1) is 0 Å². The maximum Gasteiger partial charge on any atom is 0.523 e. The molecule has 0 fully saturated rings. The summed E-state index contributed by atoms with van der Waals surface area (Å²) in [6.07, 6.45) is 2.12. The molecule has 0 bridgehead atoms. The van der Waals surface area contributed by atoms with E-state index in [-0.39, 0.29) is 19.4 Å². The van der Waals surface area contributed by atoms with Crippen molar-refractivity contribution in [3.63, 3.8) is 0 Å². The monoisotopic (exact) mass is 350 g/mol. The number of alkyl halides is 3. The molecule has 0 heterocycles. The number of ether oxygens (including phenoxy) is 1. The lowest BCUT2D eigenvalue weighted by Gasteiger charge is -2.26. The first kappa shape index (κ1) is 17.5. The van der Waals surface area contributed by atoms with Gasteiger partial charge in [0.2, 0.25) is 0 Å². The van der Waals surface area contributed by atoms with Crippen LogP contribution in [0.15, 0.2) is 42.5 Å². The molecule has 0 amide bonds. The smallest absolute Gasteiger partial charge is 0.459 e. The molecule has 126 valence electrons. The third kappa shape index (κ3) is 3.91. The SMILES string of the molecule is O=C(OCc1ccccc1)C1(OS(=O)(=O)C(F)(F)F)CC=CC1. The molecule has 1 aromatic rings. The molecule has 0 aliphatic heterocycles. The normalized spacial score (nSPS) is 17.2. The molecule has 0 atom stereocenters. The van der Waals surface area contributed by atoms with E-state index in [1.807, 2.05) is 0 Å². The van der Waals surface area contributed by atoms with E-state index in [1.54, 1.807) is 30.3 Å². The highest BCUT2D eigenvalue weighted by atomic mass is 32.2. The average molecular weight is 350 g/mol. The standard InChI is InChI=1S/C14H13F3O5S/c15-14(16,17)23(19,20)22-13(8-4-5-9-13)12(18)21-10-11-6-2-1-3-7-11/h1-7H,8-10H2. The lowest BCUT2D eigenvalue weighted by molar-refractivity contribution is -0.163. The van der Waals surface area contributed by atoms with Crippen molar-refractivity contribution in [1.82, 2.24) is 0 Å². The van der Waals surface area contributed by atoms with Crippen LogP contribution in [0.5, 0.6) is 0 Å². The van der Waals surface area contributed by atoms with Crippen molar-refractivity contribution in [2.75, 3.05) is 0 Å². The highest BCUT2D eigenvalue weighted by Crippen LogP contribution is 2.36. The number of esters is 1. The Hall–Kier alpha value is -1.87. The van der Waals surface area contributed by atoms with E-state index >= 15 is 0 Å². The maximum atomic E-state index is 12.5. The summed E-state index contributed by atoms with van der Waals surface area (Å²) in [6.45, 7) is -0.198. The largest absolute Gasteiger partial charge is 0.523 e. The maximum absolute atomic E-state index is 12.5. The molecule has 0 unspecified atom stereocenters. The summed E-state index contributed by atoms with van der Waals surface area (Å²) in [5.41, 5.74) is -7.20. The van der Waals surface area contributed by atoms with Crippen molar-refractivity contribution in [2.45, 2.75) is 30.6 Å². The molecule has 9 heteroatoms. The Bertz CT molecular complexity index is 687. The van der Waals surface area contributed by atoms with Gasteiger partial charge >= 0.3 is 21.6 Å². The fourth-order valence-electron chi connectivity index (χ4n) is 2.01. The van der Waals surface area contributed by atoms with Crippen LogP contribution in [0, 0.1) is 0 Å². The highest BCUT2D eigenvalue weighted by molar-refractivity contribution is 7.87. The predicted octanol–water partition coefficient (Wildman–Crippen LogP) is 2.68. The van der Waals surface area contributed by atoms with Crippen molar-refractivity contribution in [3.8, 4) is 0 Å². The number of carbonyl (C=O) groups is 1. The Kier molecular flexibility index (Phi) is 4.81. The van der Waals surface area contributed by atoms with E-state index in [4.69, 9.17) is 4.74 Å². The zero-order chi connectivity index (χ0) is 17.1. The molecular formula is C14H13F3O5S. The number of benzene rings is 1. The van der Waals surface area contributed by atoms with Crippen LogP contribution in [0.1, 0.15) is 18.4 Å². The Labute approximate surface area is 130 Å². The lowest BCUT2D eigenvalue weighted by atomic mass is 10.0. The van der Waals surface area contributed by atoms with Crippen molar-refractivity contribution in [1.29, 1.82) is 0 Å². The number of carbonyl (C=O) groups excluding carboxylic acids is 1. The third-order valence-electron chi connectivity index (χ3n) is 3.20. The number of halogens is 3. The second-order valence-corrected chi connectivity index (χ2v) is 6.46. The first-order chi connectivity index (χ1) is 10.7. The van der Waals surface area contributed by atoms with E-state index in [1.165, 1.54) is 12.2 Å². The lowest BCUT2D eigenvalue weighted by Crippen LogP contribution is -2.45. The Morgan fingerprint density at radius 2 is 1.70 bits per heavy atom. The van der Waals surface area contributed by atoms with Gasteiger partial charge in [0.25, 0.3) is 0 Å². The van der Waals surface area contributed by atoms with Gasteiger partial charge in [-0.2, -0.15) is 21.6 Å². The Morgan fingerprint density at radius 1 is 1.13 bits per heavy atom. The van der Waals surface area contributed by atoms with Gasteiger partial charge in [0.15, 0.2) is 5.60 Å². The quantitative estimate of drug-likeness (QED) is 0.353. The van der Waals surface area contributed by atoms with E-state index < -0.39 is 27.2 Å². The van der Waals surface area contributed by atoms with Crippen molar-refractivity contribution in [3.05, 3.63) is 48.0 Å². The molecule has 1 aromatic carbocycles. The summed E-state index contributed by atoms with van der Waals surface area (Å²) >= 11 is 0. The summed E-state index contributed by atoms with van der Waals surface area (Å²) in [7, 11) is -5.91. The molecule has 0 saturated heterocycles. The number of hydrogen-bond donors (Lipinski definition) is 0. The predicted molar refractivity (Wildman–Crippen MR) is 73.4 cm³/mol. The molecular weight excluding hydrogens is 337 g/mol. The van der Waals surface area contributed by atoms with Crippen LogP contribution in [0.25, 0.3) is 0 Å². The van der Waals surface area contributed by atoms with Gasteiger partial charge in [0, 0.05) is 12.8 Å². The summed E-state index contributed by atoms with van der Waals surface area (Å²) in [4.78, 5) is 12.1. The van der Waals surface area contributed by atoms with Gasteiger partial charge in [-0.25, -0.2) is 8.98 Å². The minimum absolute atomic E-state index is 0.198. The third-order valence-corrected chi connectivity index (χ3v) is 4.30. The van der Waals surface area contributed by atoms with Crippen LogP contribution >= 0.6 is 0 Å².